The highest BCUT2D eigenvalue weighted by molar-refractivity contribution is 7.19. The minimum atomic E-state index is -4.66. The highest BCUT2D eigenvalue weighted by Gasteiger charge is 2.35. The third-order valence-electron chi connectivity index (χ3n) is 3.64. The van der Waals surface area contributed by atoms with Crippen LogP contribution in [0.1, 0.15) is 23.0 Å². The molecule has 3 aromatic rings. The average Bonchev–Trinajstić information content (AvgIpc) is 3.18. The number of hydrogen-bond donors (Lipinski definition) is 1. The molecule has 0 unspecified atom stereocenters. The number of benzene rings is 1. The Balaban J connectivity index is 1.93. The van der Waals surface area contributed by atoms with Crippen LogP contribution in [0.25, 0.3) is 10.6 Å². The Labute approximate surface area is 154 Å². The van der Waals surface area contributed by atoms with Gasteiger partial charge in [0.25, 0.3) is 5.91 Å². The van der Waals surface area contributed by atoms with Gasteiger partial charge in [0.2, 0.25) is 0 Å². The van der Waals surface area contributed by atoms with E-state index in [0.717, 1.165) is 34.2 Å². The summed E-state index contributed by atoms with van der Waals surface area (Å²) in [6.45, 7) is 1.67. The largest absolute Gasteiger partial charge is 0.435 e. The number of nitrogens with one attached hydrogen (secondary N) is 1. The summed E-state index contributed by atoms with van der Waals surface area (Å²) in [5, 5.41) is 5.83. The molecule has 27 heavy (non-hydrogen) atoms. The number of amides is 1. The van der Waals surface area contributed by atoms with E-state index in [1.54, 1.807) is 6.92 Å². The molecule has 0 atom stereocenters. The summed E-state index contributed by atoms with van der Waals surface area (Å²) in [6, 6.07) is 6.97. The molecule has 0 spiro atoms. The maximum absolute atomic E-state index is 14.3. The number of halogens is 5. The standard InChI is InChI=1S/C17H12F5N3OS/c1-2-25-12(8-13(24-25)17(20,21)22)15-11(19)7-14(27-15)23-16(26)9-5-3-4-6-10(9)18/h3-8H,2H2,1H3,(H,23,26). The zero-order valence-electron chi connectivity index (χ0n) is 13.8. The van der Waals surface area contributed by atoms with Gasteiger partial charge in [-0.3, -0.25) is 9.48 Å². The number of aromatic nitrogens is 2. The number of thiophene rings is 1. The molecule has 4 nitrogen and oxygen atoms in total. The number of carbonyl (C=O) groups excluding carboxylic acids is 1. The lowest BCUT2D eigenvalue weighted by molar-refractivity contribution is -0.141. The molecule has 1 aromatic carbocycles. The molecule has 0 fully saturated rings. The number of carbonyl (C=O) groups is 1. The molecule has 0 bridgehead atoms. The van der Waals surface area contributed by atoms with Crippen LogP contribution < -0.4 is 5.32 Å². The summed E-state index contributed by atoms with van der Waals surface area (Å²) in [6.07, 6.45) is -4.66. The fourth-order valence-corrected chi connectivity index (χ4v) is 3.36. The molecule has 0 aliphatic carbocycles. The Morgan fingerprint density at radius 3 is 2.52 bits per heavy atom. The van der Waals surface area contributed by atoms with Gasteiger partial charge in [0, 0.05) is 12.6 Å². The van der Waals surface area contributed by atoms with E-state index in [1.165, 1.54) is 18.2 Å². The van der Waals surface area contributed by atoms with Crippen molar-refractivity contribution in [2.75, 3.05) is 5.32 Å². The number of hydrogen-bond acceptors (Lipinski definition) is 3. The van der Waals surface area contributed by atoms with Crippen molar-refractivity contribution >= 4 is 22.2 Å². The van der Waals surface area contributed by atoms with Gasteiger partial charge in [-0.1, -0.05) is 12.1 Å². The van der Waals surface area contributed by atoms with Crippen LogP contribution >= 0.6 is 11.3 Å². The van der Waals surface area contributed by atoms with Crippen LogP contribution in [0.3, 0.4) is 0 Å². The maximum atomic E-state index is 14.3. The van der Waals surface area contributed by atoms with Crippen LogP contribution in [0.4, 0.5) is 27.0 Å². The second kappa shape index (κ2) is 7.10. The van der Waals surface area contributed by atoms with Gasteiger partial charge < -0.3 is 5.32 Å². The van der Waals surface area contributed by atoms with E-state index in [2.05, 4.69) is 10.4 Å². The third-order valence-corrected chi connectivity index (χ3v) is 4.69. The minimum Gasteiger partial charge on any atom is -0.313 e. The zero-order chi connectivity index (χ0) is 19.8. The van der Waals surface area contributed by atoms with Crippen molar-refractivity contribution in [3.05, 3.63) is 59.3 Å². The first-order chi connectivity index (χ1) is 12.7. The molecule has 2 aromatic heterocycles. The summed E-state index contributed by atoms with van der Waals surface area (Å²) in [7, 11) is 0. The third kappa shape index (κ3) is 3.85. The Morgan fingerprint density at radius 1 is 1.19 bits per heavy atom. The minimum absolute atomic E-state index is 0.0353. The molecule has 3 rings (SSSR count). The molecule has 0 aliphatic rings. The van der Waals surface area contributed by atoms with E-state index < -0.39 is 29.4 Å². The summed E-state index contributed by atoms with van der Waals surface area (Å²) in [5.41, 5.74) is -1.42. The molecular weight excluding hydrogens is 389 g/mol. The average molecular weight is 401 g/mol. The number of alkyl halides is 3. The summed E-state index contributed by atoms with van der Waals surface area (Å²) in [5.74, 6) is -2.35. The van der Waals surface area contributed by atoms with Gasteiger partial charge in [-0.25, -0.2) is 8.78 Å². The Kier molecular flexibility index (Phi) is 5.01. The normalized spacial score (nSPS) is 11.6. The SMILES string of the molecule is CCn1nc(C(F)(F)F)cc1-c1sc(NC(=O)c2ccccc2F)cc1F. The maximum Gasteiger partial charge on any atom is 0.435 e. The van der Waals surface area contributed by atoms with Gasteiger partial charge in [-0.15, -0.1) is 11.3 Å². The predicted molar refractivity (Wildman–Crippen MR) is 90.5 cm³/mol. The lowest BCUT2D eigenvalue weighted by Gasteiger charge is -2.03. The highest BCUT2D eigenvalue weighted by atomic mass is 32.1. The van der Waals surface area contributed by atoms with Gasteiger partial charge in [-0.05, 0) is 25.1 Å². The summed E-state index contributed by atoms with van der Waals surface area (Å²) < 4.78 is 67.6. The van der Waals surface area contributed by atoms with Crippen LogP contribution in [0.5, 0.6) is 0 Å². The monoisotopic (exact) mass is 401 g/mol. The van der Waals surface area contributed by atoms with Crippen molar-refractivity contribution in [3.8, 4) is 10.6 Å². The molecule has 1 amide bonds. The van der Waals surface area contributed by atoms with E-state index in [9.17, 15) is 26.7 Å². The first-order valence-corrected chi connectivity index (χ1v) is 8.53. The van der Waals surface area contributed by atoms with E-state index >= 15 is 0 Å². The van der Waals surface area contributed by atoms with E-state index in [0.29, 0.717) is 0 Å². The van der Waals surface area contributed by atoms with Crippen molar-refractivity contribution in [2.45, 2.75) is 19.6 Å². The first-order valence-electron chi connectivity index (χ1n) is 7.71. The summed E-state index contributed by atoms with van der Waals surface area (Å²) in [4.78, 5) is 12.0. The number of aryl methyl sites for hydroxylation is 1. The predicted octanol–water partition coefficient (Wildman–Crippen LogP) is 5.18. The van der Waals surface area contributed by atoms with Crippen molar-refractivity contribution < 1.29 is 26.7 Å². The molecule has 142 valence electrons. The Hall–Kier alpha value is -2.75. The van der Waals surface area contributed by atoms with Crippen molar-refractivity contribution in [1.82, 2.24) is 9.78 Å². The van der Waals surface area contributed by atoms with Crippen LogP contribution in [-0.2, 0) is 12.7 Å². The molecular formula is C17H12F5N3OS. The number of rotatable bonds is 4. The Bertz CT molecular complexity index is 993. The summed E-state index contributed by atoms with van der Waals surface area (Å²) >= 11 is 0.737. The van der Waals surface area contributed by atoms with Crippen LogP contribution in [-0.4, -0.2) is 15.7 Å². The zero-order valence-corrected chi connectivity index (χ0v) is 14.6. The van der Waals surface area contributed by atoms with Gasteiger partial charge in [0.05, 0.1) is 21.1 Å². The highest BCUT2D eigenvalue weighted by Crippen LogP contribution is 2.38. The number of anilines is 1. The molecule has 2 heterocycles. The van der Waals surface area contributed by atoms with Gasteiger partial charge in [0.1, 0.15) is 11.6 Å². The fraction of sp³-hybridized carbons (Fsp3) is 0.176. The number of nitrogens with zero attached hydrogens (tertiary/aromatic N) is 2. The van der Waals surface area contributed by atoms with Crippen molar-refractivity contribution in [3.63, 3.8) is 0 Å². The molecule has 0 aliphatic heterocycles. The quantitative estimate of drug-likeness (QED) is 0.613. The lowest BCUT2D eigenvalue weighted by atomic mass is 10.2. The van der Waals surface area contributed by atoms with Crippen molar-refractivity contribution in [1.29, 1.82) is 0 Å². The lowest BCUT2D eigenvalue weighted by Crippen LogP contribution is -2.12. The van der Waals surface area contributed by atoms with Crippen LogP contribution in [0.15, 0.2) is 36.4 Å². The smallest absolute Gasteiger partial charge is 0.313 e. The van der Waals surface area contributed by atoms with E-state index in [1.807, 2.05) is 0 Å². The molecule has 10 heteroatoms. The molecule has 1 N–H and O–H groups in total. The van der Waals surface area contributed by atoms with Crippen molar-refractivity contribution in [2.24, 2.45) is 0 Å². The molecule has 0 saturated heterocycles. The second-order valence-corrected chi connectivity index (χ2v) is 6.50. The topological polar surface area (TPSA) is 46.9 Å². The molecule has 0 saturated carbocycles. The van der Waals surface area contributed by atoms with Crippen LogP contribution in [0.2, 0.25) is 0 Å². The van der Waals surface area contributed by atoms with Crippen LogP contribution in [0, 0.1) is 11.6 Å². The second-order valence-electron chi connectivity index (χ2n) is 5.45. The van der Waals surface area contributed by atoms with Gasteiger partial charge >= 0.3 is 6.18 Å². The van der Waals surface area contributed by atoms with Gasteiger partial charge in [0.15, 0.2) is 5.69 Å². The first kappa shape index (κ1) is 19.0. The van der Waals surface area contributed by atoms with Gasteiger partial charge in [-0.2, -0.15) is 18.3 Å². The fourth-order valence-electron chi connectivity index (χ4n) is 2.41. The van der Waals surface area contributed by atoms with E-state index in [-0.39, 0.29) is 27.7 Å². The van der Waals surface area contributed by atoms with E-state index in [4.69, 9.17) is 0 Å². The Morgan fingerprint density at radius 2 is 1.89 bits per heavy atom. The molecule has 0 radical (unpaired) electrons.